The summed E-state index contributed by atoms with van der Waals surface area (Å²) in [6.07, 6.45) is 2.88. The van der Waals surface area contributed by atoms with Gasteiger partial charge < -0.3 is 4.42 Å². The van der Waals surface area contributed by atoms with Crippen LogP contribution in [0.3, 0.4) is 0 Å². The van der Waals surface area contributed by atoms with Crippen molar-refractivity contribution in [3.63, 3.8) is 0 Å². The van der Waals surface area contributed by atoms with Gasteiger partial charge in [0.15, 0.2) is 0 Å². The molecule has 0 unspecified atom stereocenters. The molecular weight excluding hydrogens is 366 g/mol. The van der Waals surface area contributed by atoms with Crippen molar-refractivity contribution in [1.82, 2.24) is 15.1 Å². The minimum Gasteiger partial charge on any atom is -0.406 e. The van der Waals surface area contributed by atoms with Crippen LogP contribution in [0.4, 0.5) is 11.0 Å². The SMILES string of the molecule is O=C(C=Cc1ccc([N+](=O)[O-])s1)Nc1nnc(CN2C(=O)CCC2=O)o1. The molecule has 0 bridgehead atoms. The number of likely N-dealkylation sites (tertiary alicyclic amines) is 1. The Morgan fingerprint density at radius 3 is 2.73 bits per heavy atom. The fraction of sp³-hybridized carbons (Fsp3) is 0.214. The maximum Gasteiger partial charge on any atom is 0.324 e. The number of rotatable bonds is 6. The van der Waals surface area contributed by atoms with E-state index in [4.69, 9.17) is 4.42 Å². The molecule has 134 valence electrons. The van der Waals surface area contributed by atoms with Crippen LogP contribution in [0, 0.1) is 10.1 Å². The zero-order valence-corrected chi connectivity index (χ0v) is 13.9. The normalized spacial score (nSPS) is 14.4. The van der Waals surface area contributed by atoms with Crippen LogP contribution in [0.1, 0.15) is 23.6 Å². The predicted molar refractivity (Wildman–Crippen MR) is 87.7 cm³/mol. The van der Waals surface area contributed by atoms with Crippen molar-refractivity contribution in [3.05, 3.63) is 39.1 Å². The molecule has 1 aliphatic rings. The maximum absolute atomic E-state index is 11.8. The van der Waals surface area contributed by atoms with E-state index in [2.05, 4.69) is 15.5 Å². The first kappa shape index (κ1) is 17.4. The van der Waals surface area contributed by atoms with Gasteiger partial charge in [0.1, 0.15) is 6.54 Å². The number of hydrogen-bond donors (Lipinski definition) is 1. The highest BCUT2D eigenvalue weighted by Crippen LogP contribution is 2.24. The van der Waals surface area contributed by atoms with E-state index in [1.807, 2.05) is 0 Å². The van der Waals surface area contributed by atoms with Gasteiger partial charge in [-0.1, -0.05) is 16.4 Å². The number of carbonyl (C=O) groups is 3. The summed E-state index contributed by atoms with van der Waals surface area (Å²) in [6.45, 7) is -0.144. The Labute approximate surface area is 149 Å². The number of carbonyl (C=O) groups excluding carboxylic acids is 3. The number of amides is 3. The lowest BCUT2D eigenvalue weighted by atomic mass is 10.4. The van der Waals surface area contributed by atoms with E-state index in [1.165, 1.54) is 18.2 Å². The average molecular weight is 377 g/mol. The molecule has 0 atom stereocenters. The van der Waals surface area contributed by atoms with Crippen molar-refractivity contribution in [2.45, 2.75) is 19.4 Å². The van der Waals surface area contributed by atoms with Crippen LogP contribution in [0.2, 0.25) is 0 Å². The van der Waals surface area contributed by atoms with Gasteiger partial charge >= 0.3 is 11.0 Å². The van der Waals surface area contributed by atoms with Gasteiger partial charge in [-0.15, -0.1) is 5.10 Å². The minimum atomic E-state index is -0.579. The quantitative estimate of drug-likeness (QED) is 0.343. The lowest BCUT2D eigenvalue weighted by Crippen LogP contribution is -2.28. The van der Waals surface area contributed by atoms with Crippen LogP contribution in [-0.4, -0.2) is 37.7 Å². The van der Waals surface area contributed by atoms with Crippen LogP contribution in [0.25, 0.3) is 6.08 Å². The highest BCUT2D eigenvalue weighted by molar-refractivity contribution is 7.16. The Morgan fingerprint density at radius 2 is 2.08 bits per heavy atom. The molecule has 0 saturated carbocycles. The Bertz CT molecular complexity index is 901. The third kappa shape index (κ3) is 3.97. The largest absolute Gasteiger partial charge is 0.406 e. The molecule has 0 aromatic carbocycles. The number of nitrogens with zero attached hydrogens (tertiary/aromatic N) is 4. The summed E-state index contributed by atoms with van der Waals surface area (Å²) in [5, 5.41) is 20.2. The number of nitrogens with one attached hydrogen (secondary N) is 1. The summed E-state index contributed by atoms with van der Waals surface area (Å²) in [4.78, 5) is 46.5. The molecule has 1 N–H and O–H groups in total. The molecule has 3 rings (SSSR count). The van der Waals surface area contributed by atoms with Crippen molar-refractivity contribution in [2.24, 2.45) is 0 Å². The third-order valence-corrected chi connectivity index (χ3v) is 4.34. The summed E-state index contributed by atoms with van der Waals surface area (Å²) in [6, 6.07) is 2.67. The summed E-state index contributed by atoms with van der Waals surface area (Å²) in [7, 11) is 0. The van der Waals surface area contributed by atoms with Crippen molar-refractivity contribution in [2.75, 3.05) is 5.32 Å². The molecule has 2 aromatic rings. The molecule has 3 amide bonds. The van der Waals surface area contributed by atoms with Crippen LogP contribution in [-0.2, 0) is 20.9 Å². The number of aromatic nitrogens is 2. The fourth-order valence-electron chi connectivity index (χ4n) is 2.14. The second-order valence-electron chi connectivity index (χ2n) is 5.13. The fourth-order valence-corrected chi connectivity index (χ4v) is 2.86. The minimum absolute atomic E-state index is 0.0155. The van der Waals surface area contributed by atoms with Gasteiger partial charge in [-0.3, -0.25) is 34.7 Å². The number of thiophene rings is 1. The lowest BCUT2D eigenvalue weighted by Gasteiger charge is -2.09. The lowest BCUT2D eigenvalue weighted by molar-refractivity contribution is -0.380. The zero-order valence-electron chi connectivity index (χ0n) is 13.1. The molecule has 11 nitrogen and oxygen atoms in total. The van der Waals surface area contributed by atoms with Crippen LogP contribution in [0.5, 0.6) is 0 Å². The van der Waals surface area contributed by atoms with Crippen molar-refractivity contribution >= 4 is 46.2 Å². The Balaban J connectivity index is 1.57. The van der Waals surface area contributed by atoms with E-state index in [1.54, 1.807) is 0 Å². The number of nitro groups is 1. The van der Waals surface area contributed by atoms with Crippen molar-refractivity contribution in [3.8, 4) is 0 Å². The summed E-state index contributed by atoms with van der Waals surface area (Å²) in [5.74, 6) is -1.19. The molecule has 0 aliphatic carbocycles. The third-order valence-electron chi connectivity index (χ3n) is 3.34. The molecule has 1 saturated heterocycles. The van der Waals surface area contributed by atoms with Gasteiger partial charge in [-0.05, 0) is 12.1 Å². The standard InChI is InChI=1S/C14H11N5O6S/c20-9(3-1-8-2-6-13(26-8)19(23)24)15-14-17-16-10(25-14)7-18-11(21)4-5-12(18)22/h1-3,6H,4-5,7H2,(H,15,17,20). The Morgan fingerprint density at radius 1 is 1.35 bits per heavy atom. The van der Waals surface area contributed by atoms with E-state index in [0.717, 1.165) is 22.3 Å². The van der Waals surface area contributed by atoms with E-state index in [0.29, 0.717) is 4.88 Å². The summed E-state index contributed by atoms with van der Waals surface area (Å²) < 4.78 is 5.18. The molecule has 0 radical (unpaired) electrons. The number of anilines is 1. The van der Waals surface area contributed by atoms with Crippen molar-refractivity contribution < 1.29 is 23.7 Å². The predicted octanol–water partition coefficient (Wildman–Crippen LogP) is 1.34. The maximum atomic E-state index is 11.8. The second kappa shape index (κ2) is 7.23. The van der Waals surface area contributed by atoms with E-state index >= 15 is 0 Å². The highest BCUT2D eigenvalue weighted by atomic mass is 32.1. The Kier molecular flexibility index (Phi) is 4.84. The molecular formula is C14H11N5O6S. The van der Waals surface area contributed by atoms with Crippen molar-refractivity contribution in [1.29, 1.82) is 0 Å². The molecule has 3 heterocycles. The molecule has 0 spiro atoms. The first-order valence-electron chi connectivity index (χ1n) is 7.31. The monoisotopic (exact) mass is 377 g/mol. The smallest absolute Gasteiger partial charge is 0.324 e. The van der Waals surface area contributed by atoms with Gasteiger partial charge in [-0.25, -0.2) is 0 Å². The van der Waals surface area contributed by atoms with Gasteiger partial charge in [-0.2, -0.15) is 0 Å². The van der Waals surface area contributed by atoms with E-state index < -0.39 is 10.8 Å². The van der Waals surface area contributed by atoms with Gasteiger partial charge in [0.05, 0.1) is 4.92 Å². The first-order chi connectivity index (χ1) is 12.4. The summed E-state index contributed by atoms with van der Waals surface area (Å²) >= 11 is 0.925. The average Bonchev–Trinajstić information content (AvgIpc) is 3.30. The topological polar surface area (TPSA) is 149 Å². The molecule has 2 aromatic heterocycles. The second-order valence-corrected chi connectivity index (χ2v) is 6.22. The molecule has 1 fully saturated rings. The summed E-state index contributed by atoms with van der Waals surface area (Å²) in [5.41, 5.74) is 0. The number of hydrogen-bond acceptors (Lipinski definition) is 9. The van der Waals surface area contributed by atoms with Crippen LogP contribution < -0.4 is 5.32 Å². The van der Waals surface area contributed by atoms with E-state index in [-0.39, 0.29) is 48.1 Å². The van der Waals surface area contributed by atoms with Gasteiger partial charge in [0.25, 0.3) is 5.91 Å². The molecule has 12 heteroatoms. The van der Waals surface area contributed by atoms with E-state index in [9.17, 15) is 24.5 Å². The van der Waals surface area contributed by atoms with Crippen LogP contribution >= 0.6 is 11.3 Å². The zero-order chi connectivity index (χ0) is 18.7. The Hall–Kier alpha value is -3.41. The highest BCUT2D eigenvalue weighted by Gasteiger charge is 2.30. The number of imide groups is 1. The molecule has 1 aliphatic heterocycles. The molecule has 26 heavy (non-hydrogen) atoms. The first-order valence-corrected chi connectivity index (χ1v) is 8.13. The van der Waals surface area contributed by atoms with Gasteiger partial charge in [0.2, 0.25) is 17.7 Å². The van der Waals surface area contributed by atoms with Crippen LogP contribution in [0.15, 0.2) is 22.6 Å². The van der Waals surface area contributed by atoms with Gasteiger partial charge in [0, 0.05) is 29.9 Å².